The number of amides is 3. The molecule has 3 aromatic heterocycles. The lowest BCUT2D eigenvalue weighted by atomic mass is 10.0. The summed E-state index contributed by atoms with van der Waals surface area (Å²) in [4.78, 5) is 36.7. The SMILES string of the molecule is Cc1cccc(NC(=O)N(CCN(C)C)c2ccc(-c3c(C(N)=O)cn4ncnc(N)c34)cc2F)n1. The van der Waals surface area contributed by atoms with E-state index < -0.39 is 17.8 Å². The summed E-state index contributed by atoms with van der Waals surface area (Å²) in [5.74, 6) is -0.941. The summed E-state index contributed by atoms with van der Waals surface area (Å²) in [5.41, 5.74) is 13.5. The van der Waals surface area contributed by atoms with Crippen LogP contribution < -0.4 is 21.7 Å². The molecule has 5 N–H and O–H groups in total. The first-order valence-electron chi connectivity index (χ1n) is 11.0. The van der Waals surface area contributed by atoms with Crippen LogP contribution >= 0.6 is 0 Å². The normalized spacial score (nSPS) is 11.1. The van der Waals surface area contributed by atoms with Crippen molar-refractivity contribution in [3.63, 3.8) is 0 Å². The first-order chi connectivity index (χ1) is 17.2. The van der Waals surface area contributed by atoms with Gasteiger partial charge in [0.05, 0.1) is 11.3 Å². The molecule has 0 aliphatic heterocycles. The number of urea groups is 1. The molecule has 3 amide bonds. The Balaban J connectivity index is 1.75. The van der Waals surface area contributed by atoms with Crippen LogP contribution in [0.4, 0.5) is 26.5 Å². The number of fused-ring (bicyclic) bond motifs is 1. The number of nitrogens with one attached hydrogen (secondary N) is 1. The Kier molecular flexibility index (Phi) is 6.79. The minimum Gasteiger partial charge on any atom is -0.382 e. The van der Waals surface area contributed by atoms with Crippen LogP contribution in [0, 0.1) is 12.7 Å². The number of aromatic nitrogens is 4. The van der Waals surface area contributed by atoms with E-state index in [9.17, 15) is 9.59 Å². The molecule has 0 bridgehead atoms. The van der Waals surface area contributed by atoms with Crippen LogP contribution in [0.2, 0.25) is 0 Å². The Bertz CT molecular complexity index is 1450. The highest BCUT2D eigenvalue weighted by atomic mass is 19.1. The van der Waals surface area contributed by atoms with E-state index in [1.807, 2.05) is 32.0 Å². The molecule has 0 saturated heterocycles. The standard InChI is InChI=1S/C24H26FN9O2/c1-14-5-4-6-19(30-14)31-24(36)33(10-9-32(2)3)18-8-7-15(11-17(18)25)20-16(23(27)35)12-34-21(20)22(26)28-13-29-34/h4-8,11-13H,9-10H2,1-3H3,(H2,27,35)(H2,26,28,29)(H,30,31,36). The molecule has 186 valence electrons. The zero-order valence-electron chi connectivity index (χ0n) is 20.1. The van der Waals surface area contributed by atoms with Crippen LogP contribution in [0.3, 0.4) is 0 Å². The number of carbonyl (C=O) groups is 2. The third-order valence-corrected chi connectivity index (χ3v) is 5.53. The van der Waals surface area contributed by atoms with Gasteiger partial charge < -0.3 is 16.4 Å². The van der Waals surface area contributed by atoms with Crippen LogP contribution in [0.15, 0.2) is 48.9 Å². The Morgan fingerprint density at radius 3 is 2.61 bits per heavy atom. The molecule has 11 nitrogen and oxygen atoms in total. The van der Waals surface area contributed by atoms with Gasteiger partial charge in [0.25, 0.3) is 5.91 Å². The number of benzene rings is 1. The van der Waals surface area contributed by atoms with Crippen LogP contribution in [-0.2, 0) is 0 Å². The highest BCUT2D eigenvalue weighted by Crippen LogP contribution is 2.34. The van der Waals surface area contributed by atoms with E-state index in [1.165, 1.54) is 34.1 Å². The number of hydrogen-bond donors (Lipinski definition) is 3. The second-order valence-electron chi connectivity index (χ2n) is 8.44. The number of carbonyl (C=O) groups excluding carboxylic acids is 2. The molecule has 0 saturated carbocycles. The highest BCUT2D eigenvalue weighted by molar-refractivity contribution is 6.07. The maximum absolute atomic E-state index is 15.6. The third kappa shape index (κ3) is 4.93. The smallest absolute Gasteiger partial charge is 0.327 e. The van der Waals surface area contributed by atoms with E-state index >= 15 is 4.39 Å². The fraction of sp³-hybridized carbons (Fsp3) is 0.208. The summed E-state index contributed by atoms with van der Waals surface area (Å²) in [6.45, 7) is 2.50. The van der Waals surface area contributed by atoms with E-state index in [-0.39, 0.29) is 23.6 Å². The van der Waals surface area contributed by atoms with E-state index in [1.54, 1.807) is 18.2 Å². The molecule has 0 aliphatic carbocycles. The van der Waals surface area contributed by atoms with E-state index in [0.29, 0.717) is 29.0 Å². The topological polar surface area (TPSA) is 148 Å². The molecular weight excluding hydrogens is 465 g/mol. The number of aryl methyl sites for hydroxylation is 1. The number of hydrogen-bond acceptors (Lipinski definition) is 7. The number of pyridine rings is 1. The maximum atomic E-state index is 15.6. The van der Waals surface area contributed by atoms with Crippen molar-refractivity contribution in [2.75, 3.05) is 43.1 Å². The van der Waals surface area contributed by atoms with Crippen molar-refractivity contribution < 1.29 is 14.0 Å². The first kappa shape index (κ1) is 24.5. The number of nitrogen functional groups attached to an aromatic ring is 1. The molecule has 0 fully saturated rings. The monoisotopic (exact) mass is 491 g/mol. The minimum absolute atomic E-state index is 0.0547. The fourth-order valence-corrected chi connectivity index (χ4v) is 3.82. The van der Waals surface area contributed by atoms with E-state index in [0.717, 1.165) is 5.69 Å². The van der Waals surface area contributed by atoms with E-state index in [4.69, 9.17) is 11.5 Å². The molecule has 36 heavy (non-hydrogen) atoms. The zero-order valence-corrected chi connectivity index (χ0v) is 20.1. The lowest BCUT2D eigenvalue weighted by molar-refractivity contribution is 0.100. The summed E-state index contributed by atoms with van der Waals surface area (Å²) in [5, 5.41) is 6.79. The van der Waals surface area contributed by atoms with Crippen molar-refractivity contribution in [2.45, 2.75) is 6.92 Å². The number of nitrogens with two attached hydrogens (primary N) is 2. The van der Waals surface area contributed by atoms with Gasteiger partial charge in [0.15, 0.2) is 5.82 Å². The van der Waals surface area contributed by atoms with Crippen molar-refractivity contribution in [1.82, 2.24) is 24.5 Å². The maximum Gasteiger partial charge on any atom is 0.327 e. The summed E-state index contributed by atoms with van der Waals surface area (Å²) in [6.07, 6.45) is 2.66. The summed E-state index contributed by atoms with van der Waals surface area (Å²) in [7, 11) is 3.71. The van der Waals surface area contributed by atoms with Gasteiger partial charge in [-0.05, 0) is 50.8 Å². The Morgan fingerprint density at radius 1 is 1.17 bits per heavy atom. The van der Waals surface area contributed by atoms with Crippen molar-refractivity contribution in [3.8, 4) is 11.1 Å². The number of anilines is 3. The van der Waals surface area contributed by atoms with E-state index in [2.05, 4.69) is 20.4 Å². The van der Waals surface area contributed by atoms with Crippen molar-refractivity contribution in [1.29, 1.82) is 0 Å². The molecule has 0 atom stereocenters. The third-order valence-electron chi connectivity index (χ3n) is 5.53. The second kappa shape index (κ2) is 9.96. The average molecular weight is 492 g/mol. The number of rotatable bonds is 7. The summed E-state index contributed by atoms with van der Waals surface area (Å²) >= 11 is 0. The molecule has 4 rings (SSSR count). The molecule has 1 aromatic carbocycles. The number of primary amides is 1. The van der Waals surface area contributed by atoms with Gasteiger partial charge in [-0.3, -0.25) is 15.0 Å². The van der Waals surface area contributed by atoms with Gasteiger partial charge in [-0.15, -0.1) is 0 Å². The molecule has 4 aromatic rings. The predicted molar refractivity (Wildman–Crippen MR) is 135 cm³/mol. The van der Waals surface area contributed by atoms with Crippen molar-refractivity contribution in [2.24, 2.45) is 5.73 Å². The van der Waals surface area contributed by atoms with Crippen LogP contribution in [0.25, 0.3) is 16.6 Å². The van der Waals surface area contributed by atoms with Gasteiger partial charge in [-0.1, -0.05) is 12.1 Å². The molecule has 0 aliphatic rings. The Hall–Kier alpha value is -4.58. The molecular formula is C24H26FN9O2. The molecule has 0 spiro atoms. The van der Waals surface area contributed by atoms with Crippen LogP contribution in [0.1, 0.15) is 16.1 Å². The van der Waals surface area contributed by atoms with Gasteiger partial charge in [0.2, 0.25) is 0 Å². The van der Waals surface area contributed by atoms with Gasteiger partial charge >= 0.3 is 6.03 Å². The van der Waals surface area contributed by atoms with Crippen LogP contribution in [-0.4, -0.2) is 63.6 Å². The molecule has 3 heterocycles. The van der Waals surface area contributed by atoms with Crippen molar-refractivity contribution >= 4 is 34.8 Å². The van der Waals surface area contributed by atoms with Gasteiger partial charge in [0.1, 0.15) is 23.5 Å². The van der Waals surface area contributed by atoms with Gasteiger partial charge in [-0.25, -0.2) is 23.7 Å². The molecule has 0 radical (unpaired) electrons. The predicted octanol–water partition coefficient (Wildman–Crippen LogP) is 2.52. The Labute approximate surface area is 206 Å². The number of nitrogens with zero attached hydrogens (tertiary/aromatic N) is 6. The zero-order chi connectivity index (χ0) is 26.0. The first-order valence-corrected chi connectivity index (χ1v) is 11.0. The van der Waals surface area contributed by atoms with Crippen LogP contribution in [0.5, 0.6) is 0 Å². The summed E-state index contributed by atoms with van der Waals surface area (Å²) < 4.78 is 16.9. The fourth-order valence-electron chi connectivity index (χ4n) is 3.82. The Morgan fingerprint density at radius 2 is 1.94 bits per heavy atom. The average Bonchev–Trinajstić information content (AvgIpc) is 3.21. The lowest BCUT2D eigenvalue weighted by Crippen LogP contribution is -2.40. The quantitative estimate of drug-likeness (QED) is 0.360. The van der Waals surface area contributed by atoms with Crippen molar-refractivity contribution in [3.05, 3.63) is 66.0 Å². The van der Waals surface area contributed by atoms with Gasteiger partial charge in [-0.2, -0.15) is 5.10 Å². The summed E-state index contributed by atoms with van der Waals surface area (Å²) in [6, 6.07) is 8.99. The largest absolute Gasteiger partial charge is 0.382 e. The minimum atomic E-state index is -0.725. The van der Waals surface area contributed by atoms with Gasteiger partial charge in [0, 0.05) is 30.5 Å². The second-order valence-corrected chi connectivity index (χ2v) is 8.44. The number of halogens is 1. The highest BCUT2D eigenvalue weighted by Gasteiger charge is 2.24. The number of likely N-dealkylation sites (N-methyl/N-ethyl adjacent to an activating group) is 1. The molecule has 12 heteroatoms. The lowest BCUT2D eigenvalue weighted by Gasteiger charge is -2.25. The molecule has 0 unspecified atom stereocenters.